The van der Waals surface area contributed by atoms with Gasteiger partial charge in [-0.2, -0.15) is 0 Å². The van der Waals surface area contributed by atoms with Crippen LogP contribution in [0.4, 0.5) is 0 Å². The molecular weight excluding hydrogens is 360 g/mol. The SMILES string of the molecule is COC(=O)[C@@]1(C)N[C@@H](c2cncn2C)[C@H]2C(=O)N(Cc3ccccc3)C(=O)[C@H]21. The number of ether oxygens (including phenoxy) is 1. The maximum absolute atomic E-state index is 13.3. The van der Waals surface area contributed by atoms with Gasteiger partial charge in [0.1, 0.15) is 5.54 Å². The summed E-state index contributed by atoms with van der Waals surface area (Å²) >= 11 is 0. The molecule has 3 heterocycles. The number of nitrogens with zero attached hydrogens (tertiary/aromatic N) is 3. The van der Waals surface area contributed by atoms with Gasteiger partial charge in [0.2, 0.25) is 11.8 Å². The van der Waals surface area contributed by atoms with Crippen molar-refractivity contribution in [3.63, 3.8) is 0 Å². The zero-order valence-electron chi connectivity index (χ0n) is 16.0. The van der Waals surface area contributed by atoms with Crippen LogP contribution in [-0.2, 0) is 32.7 Å². The average molecular weight is 382 g/mol. The summed E-state index contributed by atoms with van der Waals surface area (Å²) < 4.78 is 6.76. The fraction of sp³-hybridized carbons (Fsp3) is 0.400. The molecule has 28 heavy (non-hydrogen) atoms. The summed E-state index contributed by atoms with van der Waals surface area (Å²) in [5.74, 6) is -2.74. The summed E-state index contributed by atoms with van der Waals surface area (Å²) in [5.41, 5.74) is 0.298. The molecule has 0 bridgehead atoms. The highest BCUT2D eigenvalue weighted by Crippen LogP contribution is 2.49. The molecule has 0 aliphatic carbocycles. The van der Waals surface area contributed by atoms with Gasteiger partial charge in [-0.05, 0) is 12.5 Å². The molecule has 0 spiro atoms. The van der Waals surface area contributed by atoms with Crippen LogP contribution < -0.4 is 5.32 Å². The molecule has 146 valence electrons. The number of methoxy groups -OCH3 is 1. The molecule has 4 rings (SSSR count). The third-order valence-corrected chi connectivity index (χ3v) is 5.84. The highest BCUT2D eigenvalue weighted by molar-refractivity contribution is 6.09. The summed E-state index contributed by atoms with van der Waals surface area (Å²) in [4.78, 5) is 44.6. The molecular formula is C20H22N4O4. The number of imidazole rings is 1. The summed E-state index contributed by atoms with van der Waals surface area (Å²) in [5, 5.41) is 3.20. The van der Waals surface area contributed by atoms with Crippen molar-refractivity contribution in [3.05, 3.63) is 54.1 Å². The van der Waals surface area contributed by atoms with E-state index in [0.29, 0.717) is 0 Å². The molecule has 1 aromatic heterocycles. The van der Waals surface area contributed by atoms with Crippen molar-refractivity contribution in [3.8, 4) is 0 Å². The van der Waals surface area contributed by atoms with Crippen LogP contribution in [0, 0.1) is 11.8 Å². The van der Waals surface area contributed by atoms with Crippen molar-refractivity contribution in [2.75, 3.05) is 7.11 Å². The highest BCUT2D eigenvalue weighted by Gasteiger charge is 2.67. The Labute approximate surface area is 162 Å². The van der Waals surface area contributed by atoms with Crippen molar-refractivity contribution in [2.24, 2.45) is 18.9 Å². The van der Waals surface area contributed by atoms with Gasteiger partial charge in [-0.25, -0.2) is 4.98 Å². The normalized spacial score (nSPS) is 29.2. The fourth-order valence-corrected chi connectivity index (χ4v) is 4.44. The van der Waals surface area contributed by atoms with E-state index in [1.54, 1.807) is 24.0 Å². The van der Waals surface area contributed by atoms with Crippen LogP contribution in [0.5, 0.6) is 0 Å². The minimum atomic E-state index is -1.30. The molecule has 0 saturated carbocycles. The number of hydrogen-bond donors (Lipinski definition) is 1. The van der Waals surface area contributed by atoms with Gasteiger partial charge in [0, 0.05) is 13.2 Å². The van der Waals surface area contributed by atoms with Gasteiger partial charge >= 0.3 is 5.97 Å². The number of likely N-dealkylation sites (tertiary alicyclic amines) is 1. The van der Waals surface area contributed by atoms with Gasteiger partial charge in [-0.1, -0.05) is 30.3 Å². The molecule has 2 aliphatic rings. The second-order valence-electron chi connectivity index (χ2n) is 7.50. The number of esters is 1. The first-order valence-electron chi connectivity index (χ1n) is 9.10. The Balaban J connectivity index is 1.76. The maximum atomic E-state index is 13.3. The van der Waals surface area contributed by atoms with E-state index >= 15 is 0 Å². The zero-order chi connectivity index (χ0) is 20.1. The lowest BCUT2D eigenvalue weighted by atomic mass is 9.81. The van der Waals surface area contributed by atoms with E-state index in [9.17, 15) is 14.4 Å². The largest absolute Gasteiger partial charge is 0.468 e. The number of aromatic nitrogens is 2. The summed E-state index contributed by atoms with van der Waals surface area (Å²) in [6, 6.07) is 8.82. The summed E-state index contributed by atoms with van der Waals surface area (Å²) in [7, 11) is 3.10. The lowest BCUT2D eigenvalue weighted by molar-refractivity contribution is -0.153. The van der Waals surface area contributed by atoms with Crippen LogP contribution in [0.15, 0.2) is 42.9 Å². The molecule has 2 aromatic rings. The van der Waals surface area contributed by atoms with E-state index in [1.165, 1.54) is 12.0 Å². The van der Waals surface area contributed by atoms with Gasteiger partial charge in [-0.15, -0.1) is 0 Å². The Morgan fingerprint density at radius 3 is 2.57 bits per heavy atom. The van der Waals surface area contributed by atoms with Crippen molar-refractivity contribution >= 4 is 17.8 Å². The van der Waals surface area contributed by atoms with Gasteiger partial charge in [0.15, 0.2) is 0 Å². The number of benzene rings is 1. The second kappa shape index (κ2) is 6.56. The van der Waals surface area contributed by atoms with E-state index in [2.05, 4.69) is 10.3 Å². The van der Waals surface area contributed by atoms with Crippen molar-refractivity contribution < 1.29 is 19.1 Å². The molecule has 2 amide bonds. The number of fused-ring (bicyclic) bond motifs is 1. The first-order valence-corrected chi connectivity index (χ1v) is 9.10. The molecule has 0 unspecified atom stereocenters. The van der Waals surface area contributed by atoms with Crippen LogP contribution in [0.2, 0.25) is 0 Å². The molecule has 2 saturated heterocycles. The second-order valence-corrected chi connectivity index (χ2v) is 7.50. The molecule has 2 fully saturated rings. The Kier molecular flexibility index (Phi) is 4.30. The van der Waals surface area contributed by atoms with Gasteiger partial charge < -0.3 is 9.30 Å². The Bertz CT molecular complexity index is 941. The maximum Gasteiger partial charge on any atom is 0.326 e. The van der Waals surface area contributed by atoms with Gasteiger partial charge in [0.05, 0.1) is 43.6 Å². The number of rotatable bonds is 4. The number of carbonyl (C=O) groups excluding carboxylic acids is 3. The Hall–Kier alpha value is -3.00. The fourth-order valence-electron chi connectivity index (χ4n) is 4.44. The lowest BCUT2D eigenvalue weighted by Gasteiger charge is -2.28. The third kappa shape index (κ3) is 2.56. The van der Waals surface area contributed by atoms with Crippen molar-refractivity contribution in [1.29, 1.82) is 0 Å². The standard InChI is InChI=1S/C20H22N4O4/c1-20(19(27)28-3)15-14(16(22-20)13-9-21-11-23(13)2)17(25)24(18(15)26)10-12-7-5-4-6-8-12/h4-9,11,14-16,22H,10H2,1-3H3/t14-,15-,16-,20-/m0/s1. The van der Waals surface area contributed by atoms with Crippen LogP contribution in [-0.4, -0.2) is 44.9 Å². The minimum absolute atomic E-state index is 0.181. The van der Waals surface area contributed by atoms with Gasteiger partial charge in [0.25, 0.3) is 0 Å². The predicted octanol–water partition coefficient (Wildman–Crippen LogP) is 0.797. The van der Waals surface area contributed by atoms with E-state index in [0.717, 1.165) is 11.3 Å². The summed E-state index contributed by atoms with van der Waals surface area (Å²) in [6.07, 6.45) is 3.28. The number of carbonyl (C=O) groups is 3. The number of imide groups is 1. The number of amides is 2. The van der Waals surface area contributed by atoms with Gasteiger partial charge in [-0.3, -0.25) is 24.6 Å². The molecule has 1 N–H and O–H groups in total. The summed E-state index contributed by atoms with van der Waals surface area (Å²) in [6.45, 7) is 1.81. The van der Waals surface area contributed by atoms with Crippen LogP contribution in [0.3, 0.4) is 0 Å². The molecule has 2 aliphatic heterocycles. The Morgan fingerprint density at radius 2 is 1.96 bits per heavy atom. The van der Waals surface area contributed by atoms with E-state index < -0.39 is 29.4 Å². The molecule has 8 nitrogen and oxygen atoms in total. The van der Waals surface area contributed by atoms with Crippen LogP contribution >= 0.6 is 0 Å². The molecule has 0 radical (unpaired) electrons. The quantitative estimate of drug-likeness (QED) is 0.621. The zero-order valence-corrected chi connectivity index (χ0v) is 16.0. The topological polar surface area (TPSA) is 93.5 Å². The van der Waals surface area contributed by atoms with E-state index in [4.69, 9.17) is 4.74 Å². The van der Waals surface area contributed by atoms with Crippen molar-refractivity contribution in [2.45, 2.75) is 25.0 Å². The molecule has 4 atom stereocenters. The Morgan fingerprint density at radius 1 is 1.25 bits per heavy atom. The molecule has 1 aromatic carbocycles. The number of nitrogens with one attached hydrogen (secondary N) is 1. The van der Waals surface area contributed by atoms with Crippen LogP contribution in [0.25, 0.3) is 0 Å². The lowest BCUT2D eigenvalue weighted by Crippen LogP contribution is -2.53. The number of aryl methyl sites for hydroxylation is 1. The van der Waals surface area contributed by atoms with E-state index in [1.807, 2.05) is 37.4 Å². The monoisotopic (exact) mass is 382 g/mol. The van der Waals surface area contributed by atoms with Crippen LogP contribution in [0.1, 0.15) is 24.2 Å². The molecule has 8 heteroatoms. The average Bonchev–Trinajstić information content (AvgIpc) is 3.33. The minimum Gasteiger partial charge on any atom is -0.468 e. The third-order valence-electron chi connectivity index (χ3n) is 5.84. The first-order chi connectivity index (χ1) is 13.4. The van der Waals surface area contributed by atoms with E-state index in [-0.39, 0.29) is 18.4 Å². The smallest absolute Gasteiger partial charge is 0.326 e. The van der Waals surface area contributed by atoms with Crippen molar-refractivity contribution in [1.82, 2.24) is 19.8 Å². The first kappa shape index (κ1) is 18.4. The highest BCUT2D eigenvalue weighted by atomic mass is 16.5. The predicted molar refractivity (Wildman–Crippen MR) is 98.5 cm³/mol. The number of hydrogen-bond acceptors (Lipinski definition) is 6.